The summed E-state index contributed by atoms with van der Waals surface area (Å²) < 4.78 is 4.91. The number of ether oxygens (including phenoxy) is 1. The molecule has 0 aliphatic carbocycles. The highest BCUT2D eigenvalue weighted by atomic mass is 16.5. The van der Waals surface area contributed by atoms with Crippen LogP contribution in [-0.2, 0) is 9.53 Å². The maximum atomic E-state index is 11.0. The molecule has 0 aromatic heterocycles. The fourth-order valence-corrected chi connectivity index (χ4v) is 0.632. The largest absolute Gasteiger partial charge is 0.462 e. The maximum absolute atomic E-state index is 11.0. The van der Waals surface area contributed by atoms with Gasteiger partial charge < -0.3 is 10.1 Å². The lowest BCUT2D eigenvalue weighted by molar-refractivity contribution is -0.146. The molecular weight excluding hydrogens is 154 g/mol. The first-order chi connectivity index (χ1) is 5.56. The van der Waals surface area contributed by atoms with Gasteiger partial charge in [0.05, 0.1) is 12.6 Å². The highest BCUT2D eigenvalue weighted by Gasteiger charge is 2.05. The van der Waals surface area contributed by atoms with Crippen molar-refractivity contribution in [2.24, 2.45) is 0 Å². The molecule has 1 unspecified atom stereocenters. The van der Waals surface area contributed by atoms with Crippen LogP contribution in [0, 0.1) is 0 Å². The van der Waals surface area contributed by atoms with E-state index in [2.05, 4.69) is 11.9 Å². The van der Waals surface area contributed by atoms with E-state index in [0.717, 1.165) is 0 Å². The number of hydrogen-bond donors (Lipinski definition) is 1. The third-order valence-corrected chi connectivity index (χ3v) is 1.29. The van der Waals surface area contributed by atoms with E-state index < -0.39 is 0 Å². The molecule has 12 heavy (non-hydrogen) atoms. The van der Waals surface area contributed by atoms with Crippen LogP contribution >= 0.6 is 0 Å². The van der Waals surface area contributed by atoms with Gasteiger partial charge >= 0.3 is 5.97 Å². The SMILES string of the molecule is C=CC(C)NCC(=O)OC(C)C. The van der Waals surface area contributed by atoms with Crippen LogP contribution in [0.2, 0.25) is 0 Å². The van der Waals surface area contributed by atoms with E-state index in [1.165, 1.54) is 0 Å². The van der Waals surface area contributed by atoms with Crippen molar-refractivity contribution in [3.63, 3.8) is 0 Å². The molecule has 70 valence electrons. The van der Waals surface area contributed by atoms with Gasteiger partial charge in [-0.1, -0.05) is 6.08 Å². The first kappa shape index (κ1) is 11.2. The van der Waals surface area contributed by atoms with Gasteiger partial charge in [0.2, 0.25) is 0 Å². The summed E-state index contributed by atoms with van der Waals surface area (Å²) in [7, 11) is 0. The van der Waals surface area contributed by atoms with Crippen LogP contribution in [0.15, 0.2) is 12.7 Å². The van der Waals surface area contributed by atoms with Gasteiger partial charge in [0.25, 0.3) is 0 Å². The number of rotatable bonds is 5. The summed E-state index contributed by atoms with van der Waals surface area (Å²) in [6, 6.07) is 0.143. The van der Waals surface area contributed by atoms with Crippen molar-refractivity contribution >= 4 is 5.97 Å². The molecular formula is C9H17NO2. The minimum Gasteiger partial charge on any atom is -0.462 e. The predicted molar refractivity (Wildman–Crippen MR) is 48.9 cm³/mol. The van der Waals surface area contributed by atoms with Crippen LogP contribution in [-0.4, -0.2) is 24.7 Å². The zero-order chi connectivity index (χ0) is 9.56. The quantitative estimate of drug-likeness (QED) is 0.497. The second-order valence-corrected chi connectivity index (χ2v) is 2.94. The van der Waals surface area contributed by atoms with Gasteiger partial charge in [-0.3, -0.25) is 4.79 Å². The van der Waals surface area contributed by atoms with Crippen LogP contribution in [0.25, 0.3) is 0 Å². The van der Waals surface area contributed by atoms with Gasteiger partial charge in [0.15, 0.2) is 0 Å². The fraction of sp³-hybridized carbons (Fsp3) is 0.667. The average molecular weight is 171 g/mol. The molecule has 0 spiro atoms. The van der Waals surface area contributed by atoms with Gasteiger partial charge in [0, 0.05) is 6.04 Å². The summed E-state index contributed by atoms with van der Waals surface area (Å²) in [6.07, 6.45) is 1.70. The van der Waals surface area contributed by atoms with Crippen molar-refractivity contribution in [2.45, 2.75) is 32.9 Å². The van der Waals surface area contributed by atoms with Crippen LogP contribution in [0.4, 0.5) is 0 Å². The topological polar surface area (TPSA) is 38.3 Å². The smallest absolute Gasteiger partial charge is 0.320 e. The van der Waals surface area contributed by atoms with Gasteiger partial charge in [-0.15, -0.1) is 6.58 Å². The molecule has 0 fully saturated rings. The number of nitrogens with one attached hydrogen (secondary N) is 1. The van der Waals surface area contributed by atoms with E-state index in [4.69, 9.17) is 4.74 Å². The zero-order valence-electron chi connectivity index (χ0n) is 7.96. The van der Waals surface area contributed by atoms with Crippen molar-refractivity contribution in [1.29, 1.82) is 0 Å². The molecule has 0 aliphatic heterocycles. The Balaban J connectivity index is 3.50. The standard InChI is InChI=1S/C9H17NO2/c1-5-8(4)10-6-9(11)12-7(2)3/h5,7-8,10H,1,6H2,2-4H3. The van der Waals surface area contributed by atoms with Gasteiger partial charge in [0.1, 0.15) is 0 Å². The molecule has 0 aliphatic rings. The Morgan fingerprint density at radius 2 is 2.17 bits per heavy atom. The molecule has 0 bridgehead atoms. The fourth-order valence-electron chi connectivity index (χ4n) is 0.632. The van der Waals surface area contributed by atoms with E-state index in [-0.39, 0.29) is 24.7 Å². The first-order valence-electron chi connectivity index (χ1n) is 4.11. The van der Waals surface area contributed by atoms with E-state index in [9.17, 15) is 4.79 Å². The van der Waals surface area contributed by atoms with Crippen molar-refractivity contribution in [2.75, 3.05) is 6.54 Å². The van der Waals surface area contributed by atoms with Crippen LogP contribution in [0.3, 0.4) is 0 Å². The molecule has 0 saturated heterocycles. The van der Waals surface area contributed by atoms with Gasteiger partial charge in [-0.2, -0.15) is 0 Å². The first-order valence-corrected chi connectivity index (χ1v) is 4.11. The summed E-state index contributed by atoms with van der Waals surface area (Å²) in [4.78, 5) is 11.0. The Labute approximate surface area is 73.8 Å². The van der Waals surface area contributed by atoms with E-state index >= 15 is 0 Å². The Morgan fingerprint density at radius 3 is 2.58 bits per heavy atom. The molecule has 0 heterocycles. The third kappa shape index (κ3) is 5.92. The normalized spacial score (nSPS) is 12.7. The zero-order valence-corrected chi connectivity index (χ0v) is 7.96. The highest BCUT2D eigenvalue weighted by Crippen LogP contribution is 1.88. The average Bonchev–Trinajstić information content (AvgIpc) is 1.99. The number of esters is 1. The monoisotopic (exact) mass is 171 g/mol. The predicted octanol–water partition coefficient (Wildman–Crippen LogP) is 1.10. The minimum absolute atomic E-state index is 0.0432. The number of hydrogen-bond acceptors (Lipinski definition) is 3. The molecule has 0 rings (SSSR count). The van der Waals surface area contributed by atoms with Gasteiger partial charge in [-0.05, 0) is 20.8 Å². The molecule has 0 radical (unpaired) electrons. The molecule has 3 nitrogen and oxygen atoms in total. The second kappa shape index (κ2) is 5.77. The van der Waals surface area contributed by atoms with E-state index in [0.29, 0.717) is 0 Å². The lowest BCUT2D eigenvalue weighted by Crippen LogP contribution is -2.31. The summed E-state index contributed by atoms with van der Waals surface area (Å²) in [5.41, 5.74) is 0. The van der Waals surface area contributed by atoms with Crippen LogP contribution in [0.5, 0.6) is 0 Å². The molecule has 0 amide bonds. The highest BCUT2D eigenvalue weighted by molar-refractivity contribution is 5.71. The minimum atomic E-state index is -0.223. The maximum Gasteiger partial charge on any atom is 0.320 e. The molecule has 3 heteroatoms. The molecule has 1 N–H and O–H groups in total. The summed E-state index contributed by atoms with van der Waals surface area (Å²) in [5.74, 6) is -0.223. The summed E-state index contributed by atoms with van der Waals surface area (Å²) >= 11 is 0. The Hall–Kier alpha value is -0.830. The van der Waals surface area contributed by atoms with Crippen molar-refractivity contribution < 1.29 is 9.53 Å². The summed E-state index contributed by atoms with van der Waals surface area (Å²) in [5, 5.41) is 2.94. The van der Waals surface area contributed by atoms with Crippen molar-refractivity contribution in [3.8, 4) is 0 Å². The lowest BCUT2D eigenvalue weighted by Gasteiger charge is -2.10. The van der Waals surface area contributed by atoms with Crippen molar-refractivity contribution in [1.82, 2.24) is 5.32 Å². The Bertz CT molecular complexity index is 155. The second-order valence-electron chi connectivity index (χ2n) is 2.94. The molecule has 0 aromatic rings. The van der Waals surface area contributed by atoms with Crippen molar-refractivity contribution in [3.05, 3.63) is 12.7 Å². The lowest BCUT2D eigenvalue weighted by atomic mass is 10.3. The molecule has 0 saturated carbocycles. The van der Waals surface area contributed by atoms with Crippen LogP contribution in [0.1, 0.15) is 20.8 Å². The number of carbonyl (C=O) groups is 1. The number of carbonyl (C=O) groups excluding carboxylic acids is 1. The molecule has 1 atom stereocenters. The Kier molecular flexibility index (Phi) is 5.37. The summed E-state index contributed by atoms with van der Waals surface area (Å²) in [6.45, 7) is 9.41. The van der Waals surface area contributed by atoms with E-state index in [1.54, 1.807) is 6.08 Å². The van der Waals surface area contributed by atoms with Gasteiger partial charge in [-0.25, -0.2) is 0 Å². The van der Waals surface area contributed by atoms with Crippen LogP contribution < -0.4 is 5.32 Å². The van der Waals surface area contributed by atoms with E-state index in [1.807, 2.05) is 20.8 Å². The third-order valence-electron chi connectivity index (χ3n) is 1.29. The Morgan fingerprint density at radius 1 is 1.58 bits per heavy atom. The molecule has 0 aromatic carbocycles.